The minimum Gasteiger partial charge on any atom is -0.490 e. The first kappa shape index (κ1) is 27.2. The molecule has 9 heteroatoms. The van der Waals surface area contributed by atoms with Crippen LogP contribution >= 0.6 is 22.9 Å². The Hall–Kier alpha value is -3.88. The van der Waals surface area contributed by atoms with Crippen LogP contribution in [0.2, 0.25) is 5.02 Å². The minimum atomic E-state index is -0.305. The molecule has 4 aromatic rings. The molecule has 1 aromatic heterocycles. The highest BCUT2D eigenvalue weighted by molar-refractivity contribution is 7.14. The molecule has 0 aliphatic carbocycles. The number of hydrogen-bond acceptors (Lipinski definition) is 7. The third kappa shape index (κ3) is 7.57. The van der Waals surface area contributed by atoms with Crippen LogP contribution in [0, 0.1) is 0 Å². The lowest BCUT2D eigenvalue weighted by Crippen LogP contribution is -2.17. The van der Waals surface area contributed by atoms with Crippen molar-refractivity contribution < 1.29 is 14.3 Å². The van der Waals surface area contributed by atoms with E-state index in [1.165, 1.54) is 11.3 Å². The van der Waals surface area contributed by atoms with Crippen molar-refractivity contribution in [2.24, 2.45) is 5.10 Å². The monoisotopic (exact) mass is 548 g/mol. The fourth-order valence-electron chi connectivity index (χ4n) is 3.46. The molecule has 0 spiro atoms. The molecule has 0 radical (unpaired) electrons. The highest BCUT2D eigenvalue weighted by Gasteiger charge is 2.09. The van der Waals surface area contributed by atoms with Gasteiger partial charge in [0, 0.05) is 27.2 Å². The fraction of sp³-hybridized carbons (Fsp3) is 0.207. The Morgan fingerprint density at radius 3 is 2.55 bits per heavy atom. The number of amides is 1. The van der Waals surface area contributed by atoms with Crippen molar-refractivity contribution in [1.29, 1.82) is 0 Å². The van der Waals surface area contributed by atoms with Gasteiger partial charge in [-0.05, 0) is 73.5 Å². The standard InChI is InChI=1S/C29H29ClN4O3S/c1-3-5-16-37-26-15-6-20(17-27(26)36-4-2)18-31-34-28(35)22-9-7-21(8-10-22)25-19-38-29(33-25)32-24-13-11-23(30)12-14-24/h6-15,17-19H,3-5,16H2,1-2H3,(H,32,33)(H,34,35)/b31-18-. The van der Waals surface area contributed by atoms with Gasteiger partial charge in [0.2, 0.25) is 0 Å². The lowest BCUT2D eigenvalue weighted by molar-refractivity contribution is 0.0955. The number of hydrazone groups is 1. The number of nitrogens with one attached hydrogen (secondary N) is 2. The van der Waals surface area contributed by atoms with Crippen LogP contribution in [0.25, 0.3) is 11.3 Å². The average molecular weight is 549 g/mol. The fourth-order valence-corrected chi connectivity index (χ4v) is 4.33. The number of unbranched alkanes of at least 4 members (excludes halogenated alkanes) is 1. The van der Waals surface area contributed by atoms with Crippen LogP contribution in [0.1, 0.15) is 42.6 Å². The first-order chi connectivity index (χ1) is 18.6. The molecular weight excluding hydrogens is 520 g/mol. The van der Waals surface area contributed by atoms with Gasteiger partial charge in [0.1, 0.15) is 0 Å². The van der Waals surface area contributed by atoms with Crippen molar-refractivity contribution in [3.8, 4) is 22.8 Å². The number of benzene rings is 3. The lowest BCUT2D eigenvalue weighted by Gasteiger charge is -2.12. The Balaban J connectivity index is 1.34. The summed E-state index contributed by atoms with van der Waals surface area (Å²) in [6, 6.07) is 20.3. The predicted molar refractivity (Wildman–Crippen MR) is 155 cm³/mol. The van der Waals surface area contributed by atoms with E-state index in [1.54, 1.807) is 18.3 Å². The highest BCUT2D eigenvalue weighted by atomic mass is 35.5. The second kappa shape index (κ2) is 13.6. The first-order valence-electron chi connectivity index (χ1n) is 12.4. The van der Waals surface area contributed by atoms with Crippen molar-refractivity contribution in [3.63, 3.8) is 0 Å². The van der Waals surface area contributed by atoms with Gasteiger partial charge in [-0.15, -0.1) is 11.3 Å². The molecule has 0 saturated heterocycles. The second-order valence-corrected chi connectivity index (χ2v) is 9.58. The third-order valence-electron chi connectivity index (χ3n) is 5.45. The van der Waals surface area contributed by atoms with E-state index >= 15 is 0 Å². The molecule has 3 aromatic carbocycles. The molecule has 0 fully saturated rings. The van der Waals surface area contributed by atoms with Crippen LogP contribution < -0.4 is 20.2 Å². The Morgan fingerprint density at radius 2 is 1.82 bits per heavy atom. The number of thiazole rings is 1. The summed E-state index contributed by atoms with van der Waals surface area (Å²) in [4.78, 5) is 17.2. The summed E-state index contributed by atoms with van der Waals surface area (Å²) < 4.78 is 11.5. The molecule has 7 nitrogen and oxygen atoms in total. The first-order valence-corrected chi connectivity index (χ1v) is 13.6. The Labute approximate surface area is 231 Å². The molecule has 0 saturated carbocycles. The maximum atomic E-state index is 12.6. The molecule has 0 bridgehead atoms. The Bertz CT molecular complexity index is 1370. The summed E-state index contributed by atoms with van der Waals surface area (Å²) in [5, 5.41) is 10.8. The molecule has 4 rings (SSSR count). The number of ether oxygens (including phenoxy) is 2. The van der Waals surface area contributed by atoms with Gasteiger partial charge in [0.15, 0.2) is 16.6 Å². The summed E-state index contributed by atoms with van der Waals surface area (Å²) in [5.74, 6) is 1.05. The topological polar surface area (TPSA) is 84.8 Å². The summed E-state index contributed by atoms with van der Waals surface area (Å²) in [6.45, 7) is 5.21. The van der Waals surface area contributed by atoms with E-state index in [0.717, 1.165) is 40.5 Å². The van der Waals surface area contributed by atoms with Gasteiger partial charge in [0.25, 0.3) is 5.91 Å². The maximum Gasteiger partial charge on any atom is 0.271 e. The van der Waals surface area contributed by atoms with E-state index in [2.05, 4.69) is 27.8 Å². The minimum absolute atomic E-state index is 0.305. The summed E-state index contributed by atoms with van der Waals surface area (Å²) in [6.07, 6.45) is 3.62. The van der Waals surface area contributed by atoms with Gasteiger partial charge >= 0.3 is 0 Å². The summed E-state index contributed by atoms with van der Waals surface area (Å²) in [5.41, 5.74) is 6.51. The molecule has 0 aliphatic heterocycles. The van der Waals surface area contributed by atoms with Gasteiger partial charge in [-0.3, -0.25) is 4.79 Å². The van der Waals surface area contributed by atoms with Gasteiger partial charge in [-0.1, -0.05) is 37.1 Å². The number of rotatable bonds is 12. The quantitative estimate of drug-likeness (QED) is 0.108. The van der Waals surface area contributed by atoms with Crippen LogP contribution in [0.15, 0.2) is 77.2 Å². The molecule has 0 aliphatic rings. The number of hydrogen-bond donors (Lipinski definition) is 2. The number of carbonyl (C=O) groups is 1. The number of anilines is 2. The van der Waals surface area contributed by atoms with Gasteiger partial charge in [-0.2, -0.15) is 5.10 Å². The number of carbonyl (C=O) groups excluding carboxylic acids is 1. The average Bonchev–Trinajstić information content (AvgIpc) is 3.40. The molecule has 38 heavy (non-hydrogen) atoms. The number of halogens is 1. The van der Waals surface area contributed by atoms with E-state index in [9.17, 15) is 4.79 Å². The van der Waals surface area contributed by atoms with Crippen LogP contribution in [0.4, 0.5) is 10.8 Å². The number of aromatic nitrogens is 1. The van der Waals surface area contributed by atoms with Crippen molar-refractivity contribution in [2.45, 2.75) is 26.7 Å². The van der Waals surface area contributed by atoms with Crippen molar-refractivity contribution in [2.75, 3.05) is 18.5 Å². The molecule has 1 heterocycles. The zero-order chi connectivity index (χ0) is 26.7. The van der Waals surface area contributed by atoms with Crippen LogP contribution in [0.3, 0.4) is 0 Å². The highest BCUT2D eigenvalue weighted by Crippen LogP contribution is 2.29. The van der Waals surface area contributed by atoms with E-state index in [-0.39, 0.29) is 5.91 Å². The predicted octanol–water partition coefficient (Wildman–Crippen LogP) is 7.55. The lowest BCUT2D eigenvalue weighted by atomic mass is 10.1. The smallest absolute Gasteiger partial charge is 0.271 e. The molecule has 0 atom stereocenters. The molecule has 0 unspecified atom stereocenters. The van der Waals surface area contributed by atoms with Gasteiger partial charge in [0.05, 0.1) is 25.1 Å². The molecule has 2 N–H and O–H groups in total. The van der Waals surface area contributed by atoms with Crippen LogP contribution in [0.5, 0.6) is 11.5 Å². The largest absolute Gasteiger partial charge is 0.490 e. The summed E-state index contributed by atoms with van der Waals surface area (Å²) in [7, 11) is 0. The Kier molecular flexibility index (Phi) is 9.72. The third-order valence-corrected chi connectivity index (χ3v) is 6.46. The van der Waals surface area contributed by atoms with E-state index in [0.29, 0.717) is 35.3 Å². The summed E-state index contributed by atoms with van der Waals surface area (Å²) >= 11 is 7.45. The van der Waals surface area contributed by atoms with Crippen LogP contribution in [-0.4, -0.2) is 30.3 Å². The van der Waals surface area contributed by atoms with Crippen molar-refractivity contribution >= 4 is 45.9 Å². The molecular formula is C29H29ClN4O3S. The van der Waals surface area contributed by atoms with Crippen LogP contribution in [-0.2, 0) is 0 Å². The Morgan fingerprint density at radius 1 is 1.03 bits per heavy atom. The van der Waals surface area contributed by atoms with Gasteiger partial charge in [-0.25, -0.2) is 10.4 Å². The van der Waals surface area contributed by atoms with E-state index < -0.39 is 0 Å². The van der Waals surface area contributed by atoms with Crippen molar-refractivity contribution in [1.82, 2.24) is 10.4 Å². The number of nitrogens with zero attached hydrogens (tertiary/aromatic N) is 2. The molecule has 1 amide bonds. The second-order valence-electron chi connectivity index (χ2n) is 8.29. The normalized spacial score (nSPS) is 10.9. The van der Waals surface area contributed by atoms with E-state index in [4.69, 9.17) is 21.1 Å². The van der Waals surface area contributed by atoms with E-state index in [1.807, 2.05) is 66.9 Å². The van der Waals surface area contributed by atoms with Gasteiger partial charge < -0.3 is 14.8 Å². The van der Waals surface area contributed by atoms with Crippen molar-refractivity contribution in [3.05, 3.63) is 88.3 Å². The zero-order valence-corrected chi connectivity index (χ0v) is 22.8. The SMILES string of the molecule is CCCCOc1ccc(/C=N\NC(=O)c2ccc(-c3csc(Nc4ccc(Cl)cc4)n3)cc2)cc1OCC. The zero-order valence-electron chi connectivity index (χ0n) is 21.2. The molecule has 196 valence electrons. The maximum absolute atomic E-state index is 12.6.